The number of carboxylic acids is 1. The zero-order valence-corrected chi connectivity index (χ0v) is 11.7. The largest absolute Gasteiger partial charge is 0.478 e. The number of carboxylic acid groups (broad SMARTS) is 1. The molecule has 0 aliphatic carbocycles. The van der Waals surface area contributed by atoms with Crippen molar-refractivity contribution >= 4 is 17.0 Å². The monoisotopic (exact) mass is 286 g/mol. The van der Waals surface area contributed by atoms with Gasteiger partial charge >= 0.3 is 11.7 Å². The average molecular weight is 286 g/mol. The van der Waals surface area contributed by atoms with Crippen LogP contribution in [-0.4, -0.2) is 20.2 Å². The highest BCUT2D eigenvalue weighted by Crippen LogP contribution is 2.18. The number of aromatic carboxylic acids is 1. The Kier molecular flexibility index (Phi) is 2.94. The van der Waals surface area contributed by atoms with Gasteiger partial charge in [-0.1, -0.05) is 12.1 Å². The fourth-order valence-electron chi connectivity index (χ4n) is 2.51. The van der Waals surface area contributed by atoms with Gasteiger partial charge in [0.2, 0.25) is 0 Å². The van der Waals surface area contributed by atoms with Gasteiger partial charge in [-0.2, -0.15) is 0 Å². The average Bonchev–Trinajstić information content (AvgIpc) is 2.94. The number of fused-ring (bicyclic) bond motifs is 1. The molecule has 0 saturated carbocycles. The Bertz CT molecular complexity index is 898. The number of furan rings is 1. The molecule has 0 atom stereocenters. The lowest BCUT2D eigenvalue weighted by Crippen LogP contribution is -2.22. The van der Waals surface area contributed by atoms with Crippen molar-refractivity contribution in [2.45, 2.75) is 13.5 Å². The quantitative estimate of drug-likeness (QED) is 0.798. The van der Waals surface area contributed by atoms with Crippen molar-refractivity contribution in [1.82, 2.24) is 9.13 Å². The molecule has 0 fully saturated rings. The van der Waals surface area contributed by atoms with E-state index in [1.165, 1.54) is 6.07 Å². The molecule has 0 aliphatic rings. The van der Waals surface area contributed by atoms with Crippen LogP contribution in [0, 0.1) is 6.92 Å². The first-order chi connectivity index (χ1) is 9.99. The molecule has 0 unspecified atom stereocenters. The van der Waals surface area contributed by atoms with Gasteiger partial charge in [0.25, 0.3) is 0 Å². The van der Waals surface area contributed by atoms with Gasteiger partial charge in [-0.25, -0.2) is 9.59 Å². The van der Waals surface area contributed by atoms with Gasteiger partial charge < -0.3 is 9.52 Å². The predicted octanol–water partition coefficient (Wildman–Crippen LogP) is 1.99. The third-order valence-corrected chi connectivity index (χ3v) is 3.56. The van der Waals surface area contributed by atoms with Crippen LogP contribution in [0.3, 0.4) is 0 Å². The summed E-state index contributed by atoms with van der Waals surface area (Å²) < 4.78 is 8.57. The summed E-state index contributed by atoms with van der Waals surface area (Å²) in [7, 11) is 1.71. The Labute approximate surface area is 119 Å². The van der Waals surface area contributed by atoms with E-state index >= 15 is 0 Å². The summed E-state index contributed by atoms with van der Waals surface area (Å²) in [4.78, 5) is 23.3. The molecule has 0 radical (unpaired) electrons. The van der Waals surface area contributed by atoms with E-state index in [1.54, 1.807) is 23.1 Å². The van der Waals surface area contributed by atoms with Crippen molar-refractivity contribution in [1.29, 1.82) is 0 Å². The van der Waals surface area contributed by atoms with Crippen LogP contribution in [0.5, 0.6) is 0 Å². The highest BCUT2D eigenvalue weighted by molar-refractivity contribution is 5.88. The van der Waals surface area contributed by atoms with E-state index in [-0.39, 0.29) is 17.8 Å². The van der Waals surface area contributed by atoms with E-state index in [2.05, 4.69) is 0 Å². The fourth-order valence-corrected chi connectivity index (χ4v) is 2.51. The zero-order valence-electron chi connectivity index (χ0n) is 11.7. The Morgan fingerprint density at radius 2 is 1.95 bits per heavy atom. The van der Waals surface area contributed by atoms with Crippen molar-refractivity contribution in [2.24, 2.45) is 7.05 Å². The number of benzene rings is 1. The van der Waals surface area contributed by atoms with Gasteiger partial charge in [0, 0.05) is 7.05 Å². The van der Waals surface area contributed by atoms with E-state index in [0.717, 1.165) is 11.0 Å². The predicted molar refractivity (Wildman–Crippen MR) is 76.7 cm³/mol. The molecule has 6 nitrogen and oxygen atoms in total. The third kappa shape index (κ3) is 2.05. The van der Waals surface area contributed by atoms with Crippen LogP contribution in [0.1, 0.15) is 21.9 Å². The van der Waals surface area contributed by atoms with Crippen LogP contribution in [0.25, 0.3) is 11.0 Å². The second-order valence-corrected chi connectivity index (χ2v) is 4.90. The molecule has 2 heterocycles. The number of rotatable bonds is 3. The summed E-state index contributed by atoms with van der Waals surface area (Å²) in [5, 5.41) is 9.04. The van der Waals surface area contributed by atoms with Crippen molar-refractivity contribution in [3.8, 4) is 0 Å². The third-order valence-electron chi connectivity index (χ3n) is 3.56. The SMILES string of the molecule is Cc1oc(Cn2c(=O)n(C)c3ccccc32)cc1C(=O)O. The number of carbonyl (C=O) groups is 1. The standard InChI is InChI=1S/C15H14N2O4/c1-9-11(14(18)19)7-10(21-9)8-17-13-6-4-3-5-12(13)16(2)15(17)20/h3-7H,8H2,1-2H3,(H,18,19). The maximum absolute atomic E-state index is 12.3. The van der Waals surface area contributed by atoms with Gasteiger partial charge in [-0.3, -0.25) is 9.13 Å². The minimum Gasteiger partial charge on any atom is -0.478 e. The number of aryl methyl sites for hydroxylation is 2. The van der Waals surface area contributed by atoms with Crippen LogP contribution in [0.4, 0.5) is 0 Å². The zero-order chi connectivity index (χ0) is 15.1. The van der Waals surface area contributed by atoms with E-state index < -0.39 is 5.97 Å². The first-order valence-electron chi connectivity index (χ1n) is 6.46. The highest BCUT2D eigenvalue weighted by atomic mass is 16.4. The molecule has 2 aromatic heterocycles. The summed E-state index contributed by atoms with van der Waals surface area (Å²) in [5.41, 5.74) is 1.57. The smallest absolute Gasteiger partial charge is 0.339 e. The normalized spacial score (nSPS) is 11.1. The van der Waals surface area contributed by atoms with Gasteiger partial charge in [0.15, 0.2) is 0 Å². The maximum Gasteiger partial charge on any atom is 0.339 e. The maximum atomic E-state index is 12.3. The Morgan fingerprint density at radius 3 is 2.57 bits per heavy atom. The first-order valence-corrected chi connectivity index (χ1v) is 6.46. The molecule has 0 aliphatic heterocycles. The van der Waals surface area contributed by atoms with Crippen molar-refractivity contribution in [3.05, 3.63) is 57.9 Å². The van der Waals surface area contributed by atoms with Crippen LogP contribution in [0.15, 0.2) is 39.5 Å². The number of imidazole rings is 1. The molecule has 21 heavy (non-hydrogen) atoms. The molecule has 1 aromatic carbocycles. The number of hydrogen-bond donors (Lipinski definition) is 1. The van der Waals surface area contributed by atoms with Gasteiger partial charge in [0.05, 0.1) is 17.6 Å². The van der Waals surface area contributed by atoms with Crippen LogP contribution in [0.2, 0.25) is 0 Å². The van der Waals surface area contributed by atoms with Gasteiger partial charge in [-0.05, 0) is 25.1 Å². The minimum atomic E-state index is -1.03. The van der Waals surface area contributed by atoms with E-state index in [9.17, 15) is 9.59 Å². The Balaban J connectivity index is 2.10. The Morgan fingerprint density at radius 1 is 1.29 bits per heavy atom. The lowest BCUT2D eigenvalue weighted by atomic mass is 10.2. The van der Waals surface area contributed by atoms with Crippen molar-refractivity contribution in [2.75, 3.05) is 0 Å². The summed E-state index contributed by atoms with van der Waals surface area (Å²) in [5.74, 6) is -0.248. The molecule has 0 amide bonds. The number of aromatic nitrogens is 2. The highest BCUT2D eigenvalue weighted by Gasteiger charge is 2.16. The van der Waals surface area contributed by atoms with E-state index in [0.29, 0.717) is 11.5 Å². The van der Waals surface area contributed by atoms with Gasteiger partial charge in [0.1, 0.15) is 17.1 Å². The summed E-state index contributed by atoms with van der Waals surface area (Å²) >= 11 is 0. The molecular weight excluding hydrogens is 272 g/mol. The van der Waals surface area contributed by atoms with Crippen LogP contribution >= 0.6 is 0 Å². The second kappa shape index (κ2) is 4.66. The number of hydrogen-bond acceptors (Lipinski definition) is 3. The number of para-hydroxylation sites is 2. The molecule has 1 N–H and O–H groups in total. The summed E-state index contributed by atoms with van der Waals surface area (Å²) in [6, 6.07) is 8.90. The second-order valence-electron chi connectivity index (χ2n) is 4.90. The molecule has 0 spiro atoms. The molecule has 3 aromatic rings. The first kappa shape index (κ1) is 13.2. The van der Waals surface area contributed by atoms with Crippen LogP contribution in [-0.2, 0) is 13.6 Å². The van der Waals surface area contributed by atoms with Gasteiger partial charge in [-0.15, -0.1) is 0 Å². The summed E-state index contributed by atoms with van der Waals surface area (Å²) in [6.07, 6.45) is 0. The molecule has 0 saturated heterocycles. The molecule has 3 rings (SSSR count). The molecule has 108 valence electrons. The van der Waals surface area contributed by atoms with Crippen LogP contribution < -0.4 is 5.69 Å². The topological polar surface area (TPSA) is 77.4 Å². The molecule has 6 heteroatoms. The lowest BCUT2D eigenvalue weighted by Gasteiger charge is -1.99. The van der Waals surface area contributed by atoms with E-state index in [4.69, 9.17) is 9.52 Å². The van der Waals surface area contributed by atoms with Crippen molar-refractivity contribution < 1.29 is 14.3 Å². The Hall–Kier alpha value is -2.76. The van der Waals surface area contributed by atoms with Crippen molar-refractivity contribution in [3.63, 3.8) is 0 Å². The number of nitrogens with zero attached hydrogens (tertiary/aromatic N) is 2. The lowest BCUT2D eigenvalue weighted by molar-refractivity contribution is 0.0695. The fraction of sp³-hybridized carbons (Fsp3) is 0.200. The molecular formula is C15H14N2O4. The molecule has 0 bridgehead atoms. The minimum absolute atomic E-state index is 0.123. The van der Waals surface area contributed by atoms with E-state index in [1.807, 2.05) is 24.3 Å². The summed E-state index contributed by atoms with van der Waals surface area (Å²) in [6.45, 7) is 1.80.